The number of hydrogen-bond acceptors (Lipinski definition) is 4. The zero-order valence-electron chi connectivity index (χ0n) is 29.1. The molecule has 0 amide bonds. The van der Waals surface area contributed by atoms with Crippen LogP contribution in [0.2, 0.25) is 0 Å². The average Bonchev–Trinajstić information content (AvgIpc) is 3.26. The van der Waals surface area contributed by atoms with Gasteiger partial charge in [-0.3, -0.25) is 0 Å². The highest BCUT2D eigenvalue weighted by Crippen LogP contribution is 2.40. The van der Waals surface area contributed by atoms with Crippen LogP contribution in [0.5, 0.6) is 0 Å². The van der Waals surface area contributed by atoms with Gasteiger partial charge in [-0.2, -0.15) is 0 Å². The van der Waals surface area contributed by atoms with E-state index in [2.05, 4.69) is 140 Å². The smallest absolute Gasteiger partial charge is 0.183 e. The summed E-state index contributed by atoms with van der Waals surface area (Å²) < 4.78 is 0. The molecule has 0 radical (unpaired) electrons. The molecule has 11 aromatic rings. The van der Waals surface area contributed by atoms with Crippen molar-refractivity contribution in [2.24, 2.45) is 0 Å². The van der Waals surface area contributed by atoms with Gasteiger partial charge in [-0.25, -0.2) is 19.9 Å². The predicted octanol–water partition coefficient (Wildman–Crippen LogP) is 12.9. The molecule has 0 atom stereocenters. The third kappa shape index (κ3) is 4.85. The maximum absolute atomic E-state index is 5.19. The normalized spacial score (nSPS) is 11.7. The molecule has 0 saturated carbocycles. The molecule has 11 rings (SSSR count). The fraction of sp³-hybridized carbons (Fsp3) is 0. The van der Waals surface area contributed by atoms with Crippen molar-refractivity contribution < 1.29 is 0 Å². The third-order valence-corrected chi connectivity index (χ3v) is 10.7. The van der Waals surface area contributed by atoms with E-state index in [9.17, 15) is 0 Å². The SMILES string of the molecule is c1ccc(-c2nc(-c3ccc4c5ccc(-c6cccc7ccccc67)cc5c5ccccc5c4c3)nc(-c3nc4ccccc4c4ccccc34)n2)cc1. The summed E-state index contributed by atoms with van der Waals surface area (Å²) in [6, 6.07) is 64.2. The van der Waals surface area contributed by atoms with Crippen molar-refractivity contribution in [1.29, 1.82) is 0 Å². The number of pyridine rings is 1. The van der Waals surface area contributed by atoms with Crippen LogP contribution in [-0.2, 0) is 0 Å². The third-order valence-electron chi connectivity index (χ3n) is 10.7. The van der Waals surface area contributed by atoms with Crippen molar-refractivity contribution in [3.05, 3.63) is 182 Å². The predicted molar refractivity (Wildman–Crippen MR) is 224 cm³/mol. The zero-order valence-corrected chi connectivity index (χ0v) is 29.1. The zero-order chi connectivity index (χ0) is 35.6. The topological polar surface area (TPSA) is 51.6 Å². The van der Waals surface area contributed by atoms with E-state index in [0.717, 1.165) is 43.9 Å². The minimum atomic E-state index is 0.547. The number of rotatable bonds is 4. The Bertz CT molecular complexity index is 3250. The van der Waals surface area contributed by atoms with Gasteiger partial charge in [0.05, 0.1) is 5.52 Å². The summed E-state index contributed by atoms with van der Waals surface area (Å²) in [5, 5.41) is 12.9. The molecule has 9 aromatic carbocycles. The Morgan fingerprint density at radius 2 is 0.759 bits per heavy atom. The second kappa shape index (κ2) is 12.1. The lowest BCUT2D eigenvalue weighted by Crippen LogP contribution is -2.02. The van der Waals surface area contributed by atoms with Gasteiger partial charge in [-0.15, -0.1) is 0 Å². The van der Waals surface area contributed by atoms with Gasteiger partial charge in [-0.1, -0.05) is 164 Å². The number of aromatic nitrogens is 4. The highest BCUT2D eigenvalue weighted by atomic mass is 15.0. The van der Waals surface area contributed by atoms with Crippen LogP contribution in [0.15, 0.2) is 182 Å². The molecule has 0 fully saturated rings. The lowest BCUT2D eigenvalue weighted by molar-refractivity contribution is 1.07. The van der Waals surface area contributed by atoms with Gasteiger partial charge in [0, 0.05) is 21.9 Å². The van der Waals surface area contributed by atoms with Crippen LogP contribution < -0.4 is 0 Å². The van der Waals surface area contributed by atoms with Gasteiger partial charge in [0.1, 0.15) is 5.69 Å². The fourth-order valence-corrected chi connectivity index (χ4v) is 8.14. The van der Waals surface area contributed by atoms with Gasteiger partial charge in [0.15, 0.2) is 17.5 Å². The highest BCUT2D eigenvalue weighted by molar-refractivity contribution is 6.26. The molecule has 0 aliphatic rings. The standard InChI is InChI=1S/C50H30N4/c1-2-14-32(15-3-1)48-52-49(54-50(53-48)47-43-22-9-8-20-39(43)42-21-10-11-24-46(42)51-47)34-26-28-41-40-27-25-33(36-23-12-16-31-13-4-5-17-35(31)36)29-44(40)37-18-6-7-19-38(37)45(41)30-34/h1-30H. The largest absolute Gasteiger partial charge is 0.244 e. The highest BCUT2D eigenvalue weighted by Gasteiger charge is 2.18. The molecule has 0 aliphatic carbocycles. The van der Waals surface area contributed by atoms with Gasteiger partial charge in [0.2, 0.25) is 0 Å². The second-order valence-corrected chi connectivity index (χ2v) is 13.8. The minimum Gasteiger partial charge on any atom is -0.244 e. The van der Waals surface area contributed by atoms with Gasteiger partial charge < -0.3 is 0 Å². The molecule has 0 saturated heterocycles. The van der Waals surface area contributed by atoms with E-state index in [4.69, 9.17) is 19.9 Å². The summed E-state index contributed by atoms with van der Waals surface area (Å²) in [6.07, 6.45) is 0. The number of benzene rings is 9. The van der Waals surface area contributed by atoms with Crippen LogP contribution >= 0.6 is 0 Å². The van der Waals surface area contributed by atoms with Crippen molar-refractivity contribution in [1.82, 2.24) is 19.9 Å². The first-order valence-electron chi connectivity index (χ1n) is 18.2. The van der Waals surface area contributed by atoms with Crippen LogP contribution in [-0.4, -0.2) is 19.9 Å². The fourth-order valence-electron chi connectivity index (χ4n) is 8.14. The monoisotopic (exact) mass is 686 g/mol. The average molecular weight is 687 g/mol. The van der Waals surface area contributed by atoms with Crippen LogP contribution in [0, 0.1) is 0 Å². The molecule has 0 aliphatic heterocycles. The van der Waals surface area contributed by atoms with E-state index >= 15 is 0 Å². The minimum absolute atomic E-state index is 0.547. The Balaban J connectivity index is 1.14. The Hall–Kier alpha value is -7.30. The first-order chi connectivity index (χ1) is 26.8. The van der Waals surface area contributed by atoms with Crippen LogP contribution in [0.3, 0.4) is 0 Å². The van der Waals surface area contributed by atoms with E-state index in [1.54, 1.807) is 0 Å². The summed E-state index contributed by atoms with van der Waals surface area (Å²) in [4.78, 5) is 20.5. The molecule has 0 spiro atoms. The molecule has 0 bridgehead atoms. The lowest BCUT2D eigenvalue weighted by atomic mass is 9.90. The molecule has 4 nitrogen and oxygen atoms in total. The number of fused-ring (bicyclic) bond motifs is 10. The molecule has 0 unspecified atom stereocenters. The van der Waals surface area contributed by atoms with Gasteiger partial charge >= 0.3 is 0 Å². The number of para-hydroxylation sites is 1. The molecular weight excluding hydrogens is 657 g/mol. The maximum atomic E-state index is 5.19. The van der Waals surface area contributed by atoms with E-state index in [1.165, 1.54) is 48.8 Å². The van der Waals surface area contributed by atoms with Crippen molar-refractivity contribution in [2.45, 2.75) is 0 Å². The summed E-state index contributed by atoms with van der Waals surface area (Å²) >= 11 is 0. The van der Waals surface area contributed by atoms with Gasteiger partial charge in [0.25, 0.3) is 0 Å². The first kappa shape index (κ1) is 30.3. The Kier molecular flexibility index (Phi) is 6.82. The van der Waals surface area contributed by atoms with E-state index in [-0.39, 0.29) is 0 Å². The Morgan fingerprint density at radius 3 is 1.50 bits per heavy atom. The molecule has 2 aromatic heterocycles. The van der Waals surface area contributed by atoms with Crippen LogP contribution in [0.1, 0.15) is 0 Å². The van der Waals surface area contributed by atoms with E-state index < -0.39 is 0 Å². The first-order valence-corrected chi connectivity index (χ1v) is 18.2. The number of hydrogen-bond donors (Lipinski definition) is 0. The number of nitrogens with zero attached hydrogens (tertiary/aromatic N) is 4. The quantitative estimate of drug-likeness (QED) is 0.173. The Morgan fingerprint density at radius 1 is 0.259 bits per heavy atom. The Labute approximate surface area is 311 Å². The molecule has 250 valence electrons. The summed E-state index contributed by atoms with van der Waals surface area (Å²) in [5.41, 5.74) is 5.94. The van der Waals surface area contributed by atoms with E-state index in [1.807, 2.05) is 42.5 Å². The molecular formula is C50H30N4. The lowest BCUT2D eigenvalue weighted by Gasteiger charge is -2.14. The van der Waals surface area contributed by atoms with Crippen molar-refractivity contribution in [3.8, 4) is 45.4 Å². The summed E-state index contributed by atoms with van der Waals surface area (Å²) in [5.74, 6) is 1.76. The molecule has 4 heteroatoms. The maximum Gasteiger partial charge on any atom is 0.183 e. The van der Waals surface area contributed by atoms with Gasteiger partial charge in [-0.05, 0) is 77.8 Å². The summed E-state index contributed by atoms with van der Waals surface area (Å²) in [6.45, 7) is 0. The molecule has 0 N–H and O–H groups in total. The second-order valence-electron chi connectivity index (χ2n) is 13.8. The molecule has 54 heavy (non-hydrogen) atoms. The van der Waals surface area contributed by atoms with Crippen LogP contribution in [0.4, 0.5) is 0 Å². The van der Waals surface area contributed by atoms with Crippen LogP contribution in [0.25, 0.3) is 110 Å². The summed E-state index contributed by atoms with van der Waals surface area (Å²) in [7, 11) is 0. The van der Waals surface area contributed by atoms with Crippen molar-refractivity contribution in [2.75, 3.05) is 0 Å². The van der Waals surface area contributed by atoms with Crippen molar-refractivity contribution >= 4 is 64.8 Å². The van der Waals surface area contributed by atoms with E-state index in [0.29, 0.717) is 17.5 Å². The molecule has 2 heterocycles. The van der Waals surface area contributed by atoms with Crippen molar-refractivity contribution in [3.63, 3.8) is 0 Å².